The van der Waals surface area contributed by atoms with Crippen molar-refractivity contribution in [3.63, 3.8) is 0 Å². The molecule has 3 atom stereocenters. The second-order valence-electron chi connectivity index (χ2n) is 6.46. The predicted molar refractivity (Wildman–Crippen MR) is 64.8 cm³/mol. The van der Waals surface area contributed by atoms with Crippen molar-refractivity contribution < 1.29 is 4.79 Å². The van der Waals surface area contributed by atoms with Gasteiger partial charge in [0.25, 0.3) is 0 Å². The molecule has 2 aliphatic rings. The Labute approximate surface area is 98.6 Å². The first-order valence-corrected chi connectivity index (χ1v) is 6.39. The quantitative estimate of drug-likeness (QED) is 0.793. The molecule has 1 saturated carbocycles. The zero-order chi connectivity index (χ0) is 12.1. The second kappa shape index (κ2) is 3.73. The molecule has 1 N–H and O–H groups in total. The van der Waals surface area contributed by atoms with Gasteiger partial charge in [-0.05, 0) is 30.6 Å². The molecule has 2 rings (SSSR count). The summed E-state index contributed by atoms with van der Waals surface area (Å²) in [5.74, 6) is 1.46. The van der Waals surface area contributed by atoms with Crippen molar-refractivity contribution >= 4 is 5.91 Å². The van der Waals surface area contributed by atoms with Crippen LogP contribution in [-0.4, -0.2) is 29.6 Å². The molecule has 1 aliphatic carbocycles. The molecule has 3 nitrogen and oxygen atoms in total. The Balaban J connectivity index is 2.03. The molecular formula is C13H24N2O. The van der Waals surface area contributed by atoms with Gasteiger partial charge < -0.3 is 4.90 Å². The van der Waals surface area contributed by atoms with Crippen LogP contribution in [0.1, 0.15) is 41.0 Å². The van der Waals surface area contributed by atoms with Gasteiger partial charge in [-0.15, -0.1) is 0 Å². The molecule has 0 radical (unpaired) electrons. The average Bonchev–Trinajstić information content (AvgIpc) is 2.66. The highest BCUT2D eigenvalue weighted by molar-refractivity contribution is 5.84. The summed E-state index contributed by atoms with van der Waals surface area (Å²) in [6.07, 6.45) is 1.49. The molecule has 2 fully saturated rings. The van der Waals surface area contributed by atoms with Crippen molar-refractivity contribution in [2.75, 3.05) is 6.54 Å². The van der Waals surface area contributed by atoms with Crippen molar-refractivity contribution in [3.05, 3.63) is 0 Å². The largest absolute Gasteiger partial charge is 0.325 e. The summed E-state index contributed by atoms with van der Waals surface area (Å²) in [7, 11) is 0. The van der Waals surface area contributed by atoms with E-state index in [1.807, 2.05) is 6.92 Å². The fourth-order valence-corrected chi connectivity index (χ4v) is 2.68. The minimum Gasteiger partial charge on any atom is -0.325 e. The second-order valence-corrected chi connectivity index (χ2v) is 6.46. The number of rotatable bonds is 3. The summed E-state index contributed by atoms with van der Waals surface area (Å²) in [5.41, 5.74) is 0.452. The highest BCUT2D eigenvalue weighted by Crippen LogP contribution is 2.52. The maximum absolute atomic E-state index is 12.1. The molecule has 0 bridgehead atoms. The molecule has 92 valence electrons. The Morgan fingerprint density at radius 2 is 2.06 bits per heavy atom. The number of carbonyl (C=O) groups is 1. The molecular weight excluding hydrogens is 200 g/mol. The minimum absolute atomic E-state index is 0.00531. The third-order valence-electron chi connectivity index (χ3n) is 4.18. The fourth-order valence-electron chi connectivity index (χ4n) is 2.68. The molecule has 3 unspecified atom stereocenters. The van der Waals surface area contributed by atoms with E-state index in [9.17, 15) is 4.79 Å². The van der Waals surface area contributed by atoms with Crippen molar-refractivity contribution in [2.45, 2.75) is 53.2 Å². The number of nitrogens with one attached hydrogen (secondary N) is 1. The summed E-state index contributed by atoms with van der Waals surface area (Å²) in [5, 5.41) is 3.39. The Bertz CT molecular complexity index is 298. The number of hydrogen-bond acceptors (Lipinski definition) is 2. The molecule has 1 aliphatic heterocycles. The summed E-state index contributed by atoms with van der Waals surface area (Å²) < 4.78 is 0. The molecule has 0 aromatic heterocycles. The highest BCUT2D eigenvalue weighted by atomic mass is 16.2. The van der Waals surface area contributed by atoms with Gasteiger partial charge in [-0.25, -0.2) is 0 Å². The molecule has 0 aromatic carbocycles. The van der Waals surface area contributed by atoms with E-state index in [4.69, 9.17) is 0 Å². The average molecular weight is 224 g/mol. The number of hydrogen-bond donors (Lipinski definition) is 1. The topological polar surface area (TPSA) is 32.3 Å². The van der Waals surface area contributed by atoms with Gasteiger partial charge in [0.1, 0.15) is 0 Å². The van der Waals surface area contributed by atoms with Gasteiger partial charge in [0.05, 0.1) is 12.2 Å². The van der Waals surface area contributed by atoms with E-state index in [0.717, 1.165) is 6.54 Å². The molecule has 3 heteroatoms. The van der Waals surface area contributed by atoms with Gasteiger partial charge in [0, 0.05) is 6.54 Å². The standard InChI is InChI=1S/C13H24N2O/c1-8(2)11-14-9(3)12(16)15(11)7-10-6-13(10,4)5/h8-11,14H,6-7H2,1-5H3. The lowest BCUT2D eigenvalue weighted by atomic mass is 10.1. The van der Waals surface area contributed by atoms with Crippen LogP contribution in [0.3, 0.4) is 0 Å². The van der Waals surface area contributed by atoms with E-state index in [1.165, 1.54) is 6.42 Å². The van der Waals surface area contributed by atoms with E-state index in [0.29, 0.717) is 17.3 Å². The van der Waals surface area contributed by atoms with Gasteiger partial charge in [-0.2, -0.15) is 0 Å². The molecule has 0 spiro atoms. The molecule has 1 heterocycles. The Hall–Kier alpha value is -0.570. The molecule has 1 saturated heterocycles. The van der Waals surface area contributed by atoms with Crippen LogP contribution in [0.2, 0.25) is 0 Å². The zero-order valence-corrected chi connectivity index (χ0v) is 11.1. The first-order valence-electron chi connectivity index (χ1n) is 6.39. The monoisotopic (exact) mass is 224 g/mol. The normalized spacial score (nSPS) is 37.2. The van der Waals surface area contributed by atoms with Gasteiger partial charge in [0.2, 0.25) is 5.91 Å². The van der Waals surface area contributed by atoms with Gasteiger partial charge >= 0.3 is 0 Å². The molecule has 1 amide bonds. The van der Waals surface area contributed by atoms with Crippen LogP contribution in [0.5, 0.6) is 0 Å². The third kappa shape index (κ3) is 1.97. The first kappa shape index (κ1) is 11.9. The van der Waals surface area contributed by atoms with E-state index in [2.05, 4.69) is 37.9 Å². The van der Waals surface area contributed by atoms with Crippen LogP contribution >= 0.6 is 0 Å². The summed E-state index contributed by atoms with van der Waals surface area (Å²) in [6, 6.07) is -0.00531. The number of carbonyl (C=O) groups excluding carboxylic acids is 1. The first-order chi connectivity index (χ1) is 7.33. The van der Waals surface area contributed by atoms with E-state index >= 15 is 0 Å². The maximum atomic E-state index is 12.1. The number of amides is 1. The highest BCUT2D eigenvalue weighted by Gasteiger charge is 2.49. The van der Waals surface area contributed by atoms with Gasteiger partial charge in [-0.3, -0.25) is 10.1 Å². The maximum Gasteiger partial charge on any atom is 0.240 e. The number of nitrogens with zero attached hydrogens (tertiary/aromatic N) is 1. The van der Waals surface area contributed by atoms with Crippen LogP contribution in [0, 0.1) is 17.3 Å². The van der Waals surface area contributed by atoms with Gasteiger partial charge in [0.15, 0.2) is 0 Å². The smallest absolute Gasteiger partial charge is 0.240 e. The SMILES string of the molecule is CC1NC(C(C)C)N(CC2CC2(C)C)C1=O. The third-order valence-corrected chi connectivity index (χ3v) is 4.18. The Morgan fingerprint density at radius 1 is 1.50 bits per heavy atom. The van der Waals surface area contributed by atoms with Crippen LogP contribution in [0.25, 0.3) is 0 Å². The Morgan fingerprint density at radius 3 is 2.50 bits per heavy atom. The predicted octanol–water partition coefficient (Wildman–Crippen LogP) is 1.83. The zero-order valence-electron chi connectivity index (χ0n) is 11.1. The summed E-state index contributed by atoms with van der Waals surface area (Å²) in [6.45, 7) is 11.8. The van der Waals surface area contributed by atoms with Gasteiger partial charge in [-0.1, -0.05) is 27.7 Å². The minimum atomic E-state index is -0.00531. The lowest BCUT2D eigenvalue weighted by Crippen LogP contribution is -2.42. The molecule has 0 aromatic rings. The van der Waals surface area contributed by atoms with Crippen LogP contribution in [0.4, 0.5) is 0 Å². The van der Waals surface area contributed by atoms with Crippen LogP contribution < -0.4 is 5.32 Å². The van der Waals surface area contributed by atoms with Crippen LogP contribution in [-0.2, 0) is 4.79 Å². The van der Waals surface area contributed by atoms with E-state index < -0.39 is 0 Å². The summed E-state index contributed by atoms with van der Waals surface area (Å²) >= 11 is 0. The van der Waals surface area contributed by atoms with E-state index in [-0.39, 0.29) is 18.1 Å². The Kier molecular flexibility index (Phi) is 2.77. The van der Waals surface area contributed by atoms with E-state index in [1.54, 1.807) is 0 Å². The van der Waals surface area contributed by atoms with Crippen molar-refractivity contribution in [1.29, 1.82) is 0 Å². The van der Waals surface area contributed by atoms with Crippen molar-refractivity contribution in [1.82, 2.24) is 10.2 Å². The lowest BCUT2D eigenvalue weighted by molar-refractivity contribution is -0.130. The van der Waals surface area contributed by atoms with Crippen LogP contribution in [0.15, 0.2) is 0 Å². The summed E-state index contributed by atoms with van der Waals surface area (Å²) in [4.78, 5) is 14.1. The van der Waals surface area contributed by atoms with Crippen molar-refractivity contribution in [3.8, 4) is 0 Å². The molecule has 16 heavy (non-hydrogen) atoms. The lowest BCUT2D eigenvalue weighted by Gasteiger charge is -2.27. The fraction of sp³-hybridized carbons (Fsp3) is 0.923. The van der Waals surface area contributed by atoms with Crippen molar-refractivity contribution in [2.24, 2.45) is 17.3 Å².